The maximum Gasteiger partial charge on any atom is 0.311 e. The number of nitrogens with one attached hydrogen (secondary N) is 1. The molecule has 178 valence electrons. The van der Waals surface area contributed by atoms with Crippen LogP contribution < -0.4 is 10.1 Å². The second-order valence-electron chi connectivity index (χ2n) is 9.56. The van der Waals surface area contributed by atoms with E-state index in [2.05, 4.69) is 5.32 Å². The van der Waals surface area contributed by atoms with Crippen molar-refractivity contribution in [2.45, 2.75) is 57.0 Å². The molecule has 4 rings (SSSR count). The number of aliphatic carboxylic acids is 1. The predicted molar refractivity (Wildman–Crippen MR) is 122 cm³/mol. The number of carboxylic acids is 1. The summed E-state index contributed by atoms with van der Waals surface area (Å²) < 4.78 is 25.5. The molecule has 0 aromatic heterocycles. The van der Waals surface area contributed by atoms with E-state index in [1.54, 1.807) is 12.1 Å². The molecule has 8 heteroatoms. The van der Waals surface area contributed by atoms with Crippen molar-refractivity contribution in [2.75, 3.05) is 13.2 Å². The fourth-order valence-electron chi connectivity index (χ4n) is 4.54. The summed E-state index contributed by atoms with van der Waals surface area (Å²) in [4.78, 5) is 11.3. The molecule has 0 radical (unpaired) electrons. The van der Waals surface area contributed by atoms with Gasteiger partial charge in [0.05, 0.1) is 23.8 Å². The molecule has 6 nitrogen and oxygen atoms in total. The largest absolute Gasteiger partial charge is 0.488 e. The quantitative estimate of drug-likeness (QED) is 0.478. The van der Waals surface area contributed by atoms with E-state index in [0.717, 1.165) is 16.7 Å². The molecule has 1 aliphatic carbocycles. The first-order chi connectivity index (χ1) is 15.6. The molecule has 5 unspecified atom stereocenters. The summed E-state index contributed by atoms with van der Waals surface area (Å²) in [5.41, 5.74) is 2.22. The van der Waals surface area contributed by atoms with E-state index >= 15 is 0 Å². The van der Waals surface area contributed by atoms with E-state index in [9.17, 15) is 19.4 Å². The second kappa shape index (κ2) is 9.22. The molecule has 5 atom stereocenters. The third-order valence-corrected chi connectivity index (χ3v) is 6.66. The molecule has 0 bridgehead atoms. The lowest BCUT2D eigenvalue weighted by Crippen LogP contribution is -2.46. The van der Waals surface area contributed by atoms with Gasteiger partial charge < -0.3 is 25.0 Å². The molecule has 3 N–H and O–H groups in total. The van der Waals surface area contributed by atoms with Gasteiger partial charge in [0.2, 0.25) is 0 Å². The lowest BCUT2D eigenvalue weighted by molar-refractivity contribution is -0.139. The van der Waals surface area contributed by atoms with Crippen LogP contribution in [-0.2, 0) is 16.0 Å². The zero-order chi connectivity index (χ0) is 23.9. The van der Waals surface area contributed by atoms with E-state index in [1.807, 2.05) is 39.0 Å². The summed E-state index contributed by atoms with van der Waals surface area (Å²) >= 11 is 5.75. The number of aliphatic hydroxyl groups is 1. The number of aliphatic hydroxyl groups excluding tert-OH is 1. The Morgan fingerprint density at radius 2 is 2.09 bits per heavy atom. The van der Waals surface area contributed by atoms with Gasteiger partial charge in [-0.05, 0) is 44.9 Å². The average Bonchev–Trinajstić information content (AvgIpc) is 3.35. The predicted octanol–water partition coefficient (Wildman–Crippen LogP) is 4.09. The Morgan fingerprint density at radius 3 is 2.79 bits per heavy atom. The molecule has 1 fully saturated rings. The molecule has 1 aliphatic heterocycles. The van der Waals surface area contributed by atoms with Crippen LogP contribution in [0.4, 0.5) is 4.39 Å². The van der Waals surface area contributed by atoms with E-state index in [-0.39, 0.29) is 35.3 Å². The smallest absolute Gasteiger partial charge is 0.311 e. The zero-order valence-corrected chi connectivity index (χ0v) is 19.6. The minimum atomic E-state index is -0.829. The number of rotatable bonds is 10. The Hall–Kier alpha value is -2.19. The Bertz CT molecular complexity index is 1050. The van der Waals surface area contributed by atoms with E-state index < -0.39 is 23.8 Å². The highest BCUT2D eigenvalue weighted by Crippen LogP contribution is 2.59. The van der Waals surface area contributed by atoms with Gasteiger partial charge in [-0.3, -0.25) is 4.79 Å². The standard InChI is InChI=1S/C25H29ClFNO5/c1-13(16-5-4-6-17-20-21(24(30)31)23(20)33-22(16)17)32-12-15(29)11-28-25(2,3)10-14-7-8-18(26)19(27)9-14/h4-9,13,15,20-21,23,28-29H,10-12H2,1-3H3,(H,30,31). The lowest BCUT2D eigenvalue weighted by Gasteiger charge is -2.28. The maximum atomic E-state index is 13.7. The van der Waals surface area contributed by atoms with Crippen LogP contribution >= 0.6 is 11.6 Å². The summed E-state index contributed by atoms with van der Waals surface area (Å²) in [6, 6.07) is 10.5. The van der Waals surface area contributed by atoms with Crippen molar-refractivity contribution >= 4 is 17.6 Å². The third kappa shape index (κ3) is 5.17. The van der Waals surface area contributed by atoms with Gasteiger partial charge in [0, 0.05) is 29.1 Å². The summed E-state index contributed by atoms with van der Waals surface area (Å²) in [7, 11) is 0. The van der Waals surface area contributed by atoms with Gasteiger partial charge in [-0.25, -0.2) is 4.39 Å². The van der Waals surface area contributed by atoms with Crippen LogP contribution in [0.25, 0.3) is 0 Å². The normalized spacial score (nSPS) is 22.8. The van der Waals surface area contributed by atoms with Crippen LogP contribution in [0.3, 0.4) is 0 Å². The van der Waals surface area contributed by atoms with E-state index in [1.165, 1.54) is 6.07 Å². The monoisotopic (exact) mass is 477 g/mol. The molecule has 0 saturated heterocycles. The SMILES string of the molecule is CC(OCC(O)CNC(C)(C)Cc1ccc(Cl)c(F)c1)c1cccc2c1OC1C(C(=O)O)C21. The first kappa shape index (κ1) is 24.0. The molecule has 0 spiro atoms. The summed E-state index contributed by atoms with van der Waals surface area (Å²) in [5, 5.41) is 23.1. The van der Waals surface area contributed by atoms with Crippen LogP contribution in [0.5, 0.6) is 5.75 Å². The number of β-amino-alcohol motifs (C(OH)–C–C–N with tert-alkyl or cyclic N) is 1. The first-order valence-corrected chi connectivity index (χ1v) is 11.5. The fraction of sp³-hybridized carbons (Fsp3) is 0.480. The molecule has 2 aliphatic rings. The Kier molecular flexibility index (Phi) is 6.69. The molecule has 2 aromatic carbocycles. The van der Waals surface area contributed by atoms with E-state index in [0.29, 0.717) is 18.7 Å². The van der Waals surface area contributed by atoms with Crippen LogP contribution in [-0.4, -0.2) is 47.1 Å². The number of halogens is 2. The number of hydrogen-bond acceptors (Lipinski definition) is 5. The summed E-state index contributed by atoms with van der Waals surface area (Å²) in [6.07, 6.45) is -0.785. The summed E-state index contributed by atoms with van der Waals surface area (Å²) in [6.45, 7) is 6.28. The van der Waals surface area contributed by atoms with Crippen molar-refractivity contribution in [1.29, 1.82) is 0 Å². The molecule has 2 aromatic rings. The average molecular weight is 478 g/mol. The number of ether oxygens (including phenoxy) is 2. The Balaban J connectivity index is 1.27. The van der Waals surface area contributed by atoms with Gasteiger partial charge >= 0.3 is 5.97 Å². The highest BCUT2D eigenvalue weighted by Gasteiger charge is 2.63. The van der Waals surface area contributed by atoms with Gasteiger partial charge in [0.25, 0.3) is 0 Å². The van der Waals surface area contributed by atoms with Crippen LogP contribution in [0.2, 0.25) is 5.02 Å². The van der Waals surface area contributed by atoms with Crippen molar-refractivity contribution in [3.8, 4) is 5.75 Å². The Labute approximate surface area is 197 Å². The van der Waals surface area contributed by atoms with Crippen molar-refractivity contribution in [2.24, 2.45) is 5.92 Å². The second-order valence-corrected chi connectivity index (χ2v) is 9.96. The topological polar surface area (TPSA) is 88.0 Å². The minimum Gasteiger partial charge on any atom is -0.488 e. The van der Waals surface area contributed by atoms with Gasteiger partial charge in [0.1, 0.15) is 23.6 Å². The highest BCUT2D eigenvalue weighted by molar-refractivity contribution is 6.30. The van der Waals surface area contributed by atoms with Gasteiger partial charge in [-0.15, -0.1) is 0 Å². The molecule has 1 saturated carbocycles. The Morgan fingerprint density at radius 1 is 1.33 bits per heavy atom. The van der Waals surface area contributed by atoms with Crippen molar-refractivity contribution in [3.05, 3.63) is 63.9 Å². The van der Waals surface area contributed by atoms with Crippen molar-refractivity contribution in [3.63, 3.8) is 0 Å². The molecule has 33 heavy (non-hydrogen) atoms. The number of fused-ring (bicyclic) bond motifs is 3. The highest BCUT2D eigenvalue weighted by atomic mass is 35.5. The maximum absolute atomic E-state index is 13.7. The molecular weight excluding hydrogens is 449 g/mol. The van der Waals surface area contributed by atoms with Gasteiger partial charge in [0.15, 0.2) is 0 Å². The number of carbonyl (C=O) groups is 1. The number of hydrogen-bond donors (Lipinski definition) is 3. The number of benzene rings is 2. The van der Waals surface area contributed by atoms with Crippen LogP contribution in [0, 0.1) is 11.7 Å². The van der Waals surface area contributed by atoms with Gasteiger partial charge in [-0.1, -0.05) is 35.9 Å². The number of carboxylic acid groups (broad SMARTS) is 1. The minimum absolute atomic E-state index is 0.0872. The van der Waals surface area contributed by atoms with Crippen LogP contribution in [0.1, 0.15) is 49.5 Å². The van der Waals surface area contributed by atoms with Crippen molar-refractivity contribution in [1.82, 2.24) is 5.32 Å². The summed E-state index contributed by atoms with van der Waals surface area (Å²) in [5.74, 6) is -1.12. The van der Waals surface area contributed by atoms with Crippen molar-refractivity contribution < 1.29 is 28.9 Å². The number of para-hydroxylation sites is 1. The fourth-order valence-corrected chi connectivity index (χ4v) is 4.66. The zero-order valence-electron chi connectivity index (χ0n) is 18.8. The lowest BCUT2D eigenvalue weighted by atomic mass is 9.94. The van der Waals surface area contributed by atoms with Gasteiger partial charge in [-0.2, -0.15) is 0 Å². The molecule has 1 heterocycles. The van der Waals surface area contributed by atoms with Crippen LogP contribution in [0.15, 0.2) is 36.4 Å². The molecular formula is C25H29ClFNO5. The molecule has 0 amide bonds. The van der Waals surface area contributed by atoms with E-state index in [4.69, 9.17) is 21.1 Å². The third-order valence-electron chi connectivity index (χ3n) is 6.35. The first-order valence-electron chi connectivity index (χ1n) is 11.1.